The molecule has 0 aliphatic carbocycles. The molecule has 1 atom stereocenters. The molecule has 2 aromatic rings. The molecule has 1 N–H and O–H groups in total. The Morgan fingerprint density at radius 2 is 1.63 bits per heavy atom. The molecular formula is C27H39N3O4S. The van der Waals surface area contributed by atoms with Gasteiger partial charge in [0.1, 0.15) is 6.04 Å². The van der Waals surface area contributed by atoms with Gasteiger partial charge in [-0.2, -0.15) is 0 Å². The first-order valence-corrected chi connectivity index (χ1v) is 14.1. The average molecular weight is 502 g/mol. The first kappa shape index (κ1) is 28.4. The summed E-state index contributed by atoms with van der Waals surface area (Å²) in [5.74, 6) is -0.325. The third-order valence-electron chi connectivity index (χ3n) is 5.96. The van der Waals surface area contributed by atoms with Gasteiger partial charge in [-0.25, -0.2) is 8.42 Å². The van der Waals surface area contributed by atoms with Crippen LogP contribution in [-0.2, 0) is 26.0 Å². The van der Waals surface area contributed by atoms with Gasteiger partial charge in [0.15, 0.2) is 0 Å². The van der Waals surface area contributed by atoms with Crippen molar-refractivity contribution < 1.29 is 18.0 Å². The molecule has 8 heteroatoms. The van der Waals surface area contributed by atoms with Crippen LogP contribution in [0.25, 0.3) is 0 Å². The minimum atomic E-state index is -3.49. The maximum Gasteiger partial charge on any atom is 0.242 e. The van der Waals surface area contributed by atoms with Crippen molar-refractivity contribution in [2.45, 2.75) is 58.9 Å². The predicted molar refractivity (Wildman–Crippen MR) is 142 cm³/mol. The summed E-state index contributed by atoms with van der Waals surface area (Å²) in [6, 6.07) is 16.5. The van der Waals surface area contributed by atoms with Crippen molar-refractivity contribution in [3.05, 3.63) is 65.7 Å². The van der Waals surface area contributed by atoms with Gasteiger partial charge >= 0.3 is 0 Å². The number of amides is 2. The molecule has 0 saturated carbocycles. The zero-order valence-electron chi connectivity index (χ0n) is 21.4. The van der Waals surface area contributed by atoms with Crippen molar-refractivity contribution in [3.8, 4) is 0 Å². The number of nitrogens with zero attached hydrogens (tertiary/aromatic N) is 2. The second-order valence-electron chi connectivity index (χ2n) is 8.92. The number of hydrogen-bond donors (Lipinski definition) is 1. The van der Waals surface area contributed by atoms with Gasteiger partial charge in [-0.1, -0.05) is 61.4 Å². The molecule has 35 heavy (non-hydrogen) atoms. The normalized spacial score (nSPS) is 12.1. The third-order valence-corrected chi connectivity index (χ3v) is 7.15. The Kier molecular flexibility index (Phi) is 11.2. The van der Waals surface area contributed by atoms with E-state index in [1.165, 1.54) is 10.6 Å². The van der Waals surface area contributed by atoms with Crippen molar-refractivity contribution in [1.29, 1.82) is 0 Å². The minimum absolute atomic E-state index is 0.152. The molecule has 0 aromatic heterocycles. The number of sulfonamides is 1. The molecule has 7 nitrogen and oxygen atoms in total. The molecule has 1 unspecified atom stereocenters. The zero-order chi connectivity index (χ0) is 25.8. The van der Waals surface area contributed by atoms with E-state index in [1.807, 2.05) is 49.4 Å². The number of carbonyl (C=O) groups excluding carboxylic acids is 2. The van der Waals surface area contributed by atoms with Crippen LogP contribution in [0.1, 0.15) is 50.7 Å². The topological polar surface area (TPSA) is 86.8 Å². The number of aryl methyl sites for hydroxylation is 1. The number of nitrogens with one attached hydrogen (secondary N) is 1. The Labute approximate surface area is 210 Å². The van der Waals surface area contributed by atoms with E-state index in [1.54, 1.807) is 24.0 Å². The number of carbonyl (C=O) groups is 2. The summed E-state index contributed by atoms with van der Waals surface area (Å²) in [5.41, 5.74) is 2.71. The molecule has 0 fully saturated rings. The summed E-state index contributed by atoms with van der Waals surface area (Å²) in [6.07, 6.45) is 4.17. The molecule has 0 saturated heterocycles. The molecule has 0 spiro atoms. The average Bonchev–Trinajstić information content (AvgIpc) is 2.82. The zero-order valence-corrected chi connectivity index (χ0v) is 22.2. The quantitative estimate of drug-likeness (QED) is 0.398. The van der Waals surface area contributed by atoms with E-state index in [0.29, 0.717) is 31.6 Å². The van der Waals surface area contributed by atoms with Crippen molar-refractivity contribution in [1.82, 2.24) is 10.2 Å². The monoisotopic (exact) mass is 501 g/mol. The van der Waals surface area contributed by atoms with Gasteiger partial charge < -0.3 is 10.2 Å². The second kappa shape index (κ2) is 13.9. The van der Waals surface area contributed by atoms with Crippen molar-refractivity contribution in [2.75, 3.05) is 30.2 Å². The molecule has 0 bridgehead atoms. The van der Waals surface area contributed by atoms with Gasteiger partial charge in [-0.3, -0.25) is 13.9 Å². The lowest BCUT2D eigenvalue weighted by molar-refractivity contribution is -0.139. The van der Waals surface area contributed by atoms with Gasteiger partial charge in [0, 0.05) is 26.1 Å². The van der Waals surface area contributed by atoms with Gasteiger partial charge in [-0.05, 0) is 50.8 Å². The van der Waals surface area contributed by atoms with E-state index in [-0.39, 0.29) is 24.8 Å². The largest absolute Gasteiger partial charge is 0.354 e. The van der Waals surface area contributed by atoms with Crippen LogP contribution in [-0.4, -0.2) is 57.1 Å². The van der Waals surface area contributed by atoms with Crippen LogP contribution in [0.2, 0.25) is 0 Å². The van der Waals surface area contributed by atoms with Crippen LogP contribution in [0.5, 0.6) is 0 Å². The lowest BCUT2D eigenvalue weighted by Crippen LogP contribution is -2.49. The molecule has 2 amide bonds. The fraction of sp³-hybridized carbons (Fsp3) is 0.481. The molecule has 0 heterocycles. The smallest absolute Gasteiger partial charge is 0.242 e. The second-order valence-corrected chi connectivity index (χ2v) is 10.8. The van der Waals surface area contributed by atoms with Crippen LogP contribution < -0.4 is 9.62 Å². The highest BCUT2D eigenvalue weighted by atomic mass is 32.2. The maximum atomic E-state index is 13.2. The van der Waals surface area contributed by atoms with Gasteiger partial charge in [-0.15, -0.1) is 0 Å². The molecular weight excluding hydrogens is 462 g/mol. The van der Waals surface area contributed by atoms with E-state index in [0.717, 1.165) is 24.0 Å². The summed E-state index contributed by atoms with van der Waals surface area (Å²) >= 11 is 0. The Bertz CT molecular complexity index is 1040. The van der Waals surface area contributed by atoms with Gasteiger partial charge in [0.05, 0.1) is 11.9 Å². The summed E-state index contributed by atoms with van der Waals surface area (Å²) in [6.45, 7) is 6.94. The molecule has 2 aromatic carbocycles. The van der Waals surface area contributed by atoms with E-state index >= 15 is 0 Å². The highest BCUT2D eigenvalue weighted by Gasteiger charge is 2.26. The Hall–Kier alpha value is -2.87. The highest BCUT2D eigenvalue weighted by Crippen LogP contribution is 2.19. The number of hydrogen-bond acceptors (Lipinski definition) is 4. The SMILES string of the molecule is CCCCNC(=O)C(C)N(CCc1ccccc1)C(=O)CCCN(c1ccc(C)cc1)S(C)(=O)=O. The Morgan fingerprint density at radius 3 is 2.23 bits per heavy atom. The third kappa shape index (κ3) is 9.36. The lowest BCUT2D eigenvalue weighted by Gasteiger charge is -2.29. The van der Waals surface area contributed by atoms with Crippen molar-refractivity contribution in [3.63, 3.8) is 0 Å². The first-order chi connectivity index (χ1) is 16.6. The van der Waals surface area contributed by atoms with Crippen LogP contribution in [0.15, 0.2) is 54.6 Å². The molecule has 2 rings (SSSR count). The van der Waals surface area contributed by atoms with Crippen LogP contribution in [0, 0.1) is 6.92 Å². The standard InChI is InChI=1S/C27H39N3O4S/c1-5-6-19-28-27(32)23(3)29(21-18-24-11-8-7-9-12-24)26(31)13-10-20-30(35(4,33)34)25-16-14-22(2)15-17-25/h7-9,11-12,14-17,23H,5-6,10,13,18-21H2,1-4H3,(H,28,32). The molecule has 0 aliphatic heterocycles. The van der Waals surface area contributed by atoms with Crippen molar-refractivity contribution >= 4 is 27.5 Å². The Balaban J connectivity index is 2.07. The first-order valence-electron chi connectivity index (χ1n) is 12.3. The molecule has 0 aliphatic rings. The fourth-order valence-corrected chi connectivity index (χ4v) is 4.79. The molecule has 192 valence electrons. The van der Waals surface area contributed by atoms with Crippen LogP contribution >= 0.6 is 0 Å². The van der Waals surface area contributed by atoms with Gasteiger partial charge in [0.25, 0.3) is 0 Å². The van der Waals surface area contributed by atoms with Crippen LogP contribution in [0.3, 0.4) is 0 Å². The number of unbranched alkanes of at least 4 members (excludes halogenated alkanes) is 1. The van der Waals surface area contributed by atoms with Crippen molar-refractivity contribution in [2.24, 2.45) is 0 Å². The summed E-state index contributed by atoms with van der Waals surface area (Å²) in [7, 11) is -3.49. The highest BCUT2D eigenvalue weighted by molar-refractivity contribution is 7.92. The Morgan fingerprint density at radius 1 is 0.971 bits per heavy atom. The van der Waals surface area contributed by atoms with E-state index < -0.39 is 16.1 Å². The number of anilines is 1. The van der Waals surface area contributed by atoms with E-state index in [4.69, 9.17) is 0 Å². The lowest BCUT2D eigenvalue weighted by atomic mass is 10.1. The molecule has 0 radical (unpaired) electrons. The summed E-state index contributed by atoms with van der Waals surface area (Å²) in [5, 5.41) is 2.92. The number of benzene rings is 2. The van der Waals surface area contributed by atoms with Gasteiger partial charge in [0.2, 0.25) is 21.8 Å². The van der Waals surface area contributed by atoms with Crippen LogP contribution in [0.4, 0.5) is 5.69 Å². The van der Waals surface area contributed by atoms with E-state index in [2.05, 4.69) is 12.2 Å². The maximum absolute atomic E-state index is 13.2. The minimum Gasteiger partial charge on any atom is -0.354 e. The fourth-order valence-electron chi connectivity index (χ4n) is 3.82. The number of rotatable bonds is 14. The summed E-state index contributed by atoms with van der Waals surface area (Å²) < 4.78 is 26.1. The summed E-state index contributed by atoms with van der Waals surface area (Å²) in [4.78, 5) is 27.6. The predicted octanol–water partition coefficient (Wildman–Crippen LogP) is 3.92. The van der Waals surface area contributed by atoms with E-state index in [9.17, 15) is 18.0 Å².